The summed E-state index contributed by atoms with van der Waals surface area (Å²) in [4.78, 5) is 24.0. The molecule has 0 spiro atoms. The van der Waals surface area contributed by atoms with Crippen LogP contribution in [0.5, 0.6) is 0 Å². The van der Waals surface area contributed by atoms with Gasteiger partial charge in [-0.05, 0) is 31.2 Å². The molecule has 1 aromatic carbocycles. The van der Waals surface area contributed by atoms with Crippen molar-refractivity contribution in [2.45, 2.75) is 25.2 Å². The summed E-state index contributed by atoms with van der Waals surface area (Å²) in [5.74, 6) is -2.12. The van der Waals surface area contributed by atoms with E-state index in [0.717, 1.165) is 23.9 Å². The predicted octanol–water partition coefficient (Wildman–Crippen LogP) is 2.83. The van der Waals surface area contributed by atoms with E-state index < -0.39 is 23.2 Å². The fraction of sp³-hybridized carbons (Fsp3) is 0.222. The Bertz CT molecular complexity index is 987. The van der Waals surface area contributed by atoms with Crippen molar-refractivity contribution in [3.8, 4) is 0 Å². The Kier molecular flexibility index (Phi) is 6.60. The van der Waals surface area contributed by atoms with Gasteiger partial charge < -0.3 is 19.6 Å². The van der Waals surface area contributed by atoms with E-state index in [0.29, 0.717) is 17.5 Å². The molecule has 0 aliphatic carbocycles. The van der Waals surface area contributed by atoms with Gasteiger partial charge in [-0.15, -0.1) is 10.2 Å². The molecular weight excluding hydrogens is 404 g/mol. The van der Waals surface area contributed by atoms with Crippen LogP contribution in [0, 0.1) is 11.6 Å². The van der Waals surface area contributed by atoms with E-state index in [-0.39, 0.29) is 24.0 Å². The zero-order valence-corrected chi connectivity index (χ0v) is 16.1. The molecule has 0 radical (unpaired) electrons. The van der Waals surface area contributed by atoms with Crippen molar-refractivity contribution in [3.05, 3.63) is 59.8 Å². The minimum atomic E-state index is -0.852. The minimum Gasteiger partial charge on any atom is -0.459 e. The van der Waals surface area contributed by atoms with Gasteiger partial charge in [0, 0.05) is 6.54 Å². The molecule has 29 heavy (non-hydrogen) atoms. The Hall–Kier alpha value is -3.21. The van der Waals surface area contributed by atoms with Crippen LogP contribution < -0.4 is 10.6 Å². The van der Waals surface area contributed by atoms with Crippen molar-refractivity contribution in [2.75, 3.05) is 11.1 Å². The Balaban J connectivity index is 1.58. The number of benzene rings is 1. The number of furan rings is 1. The molecule has 0 aliphatic heterocycles. The summed E-state index contributed by atoms with van der Waals surface area (Å²) in [7, 11) is 0. The number of carbonyl (C=O) groups is 2. The monoisotopic (exact) mass is 421 g/mol. The van der Waals surface area contributed by atoms with E-state index in [1.807, 2.05) is 6.92 Å². The van der Waals surface area contributed by atoms with Gasteiger partial charge in [-0.25, -0.2) is 8.78 Å². The highest BCUT2D eigenvalue weighted by Crippen LogP contribution is 2.20. The maximum absolute atomic E-state index is 13.6. The Labute approximate surface area is 168 Å². The van der Waals surface area contributed by atoms with Crippen molar-refractivity contribution < 1.29 is 22.8 Å². The number of nitrogens with zero attached hydrogens (tertiary/aromatic N) is 3. The van der Waals surface area contributed by atoms with Crippen molar-refractivity contribution in [2.24, 2.45) is 0 Å². The van der Waals surface area contributed by atoms with E-state index >= 15 is 0 Å². The van der Waals surface area contributed by atoms with Gasteiger partial charge in [-0.2, -0.15) is 0 Å². The van der Waals surface area contributed by atoms with Crippen molar-refractivity contribution >= 4 is 29.3 Å². The van der Waals surface area contributed by atoms with Crippen LogP contribution in [0.4, 0.5) is 14.5 Å². The van der Waals surface area contributed by atoms with Crippen LogP contribution in [0.15, 0.2) is 46.2 Å². The Morgan fingerprint density at radius 2 is 1.93 bits per heavy atom. The third kappa shape index (κ3) is 4.99. The Morgan fingerprint density at radius 3 is 2.59 bits per heavy atom. The molecule has 152 valence electrons. The van der Waals surface area contributed by atoms with Gasteiger partial charge in [0.1, 0.15) is 17.3 Å². The first kappa shape index (κ1) is 20.5. The van der Waals surface area contributed by atoms with E-state index in [2.05, 4.69) is 20.8 Å². The number of anilines is 1. The maximum atomic E-state index is 13.6. The van der Waals surface area contributed by atoms with Gasteiger partial charge in [0.05, 0.1) is 18.6 Å². The third-order valence-corrected chi connectivity index (χ3v) is 4.79. The van der Waals surface area contributed by atoms with Gasteiger partial charge >= 0.3 is 0 Å². The number of rotatable bonds is 8. The van der Waals surface area contributed by atoms with E-state index in [1.165, 1.54) is 18.4 Å². The third-order valence-electron chi connectivity index (χ3n) is 3.82. The molecule has 3 rings (SSSR count). The number of aromatic nitrogens is 3. The topological polar surface area (TPSA) is 102 Å². The van der Waals surface area contributed by atoms with Crippen molar-refractivity contribution in [3.63, 3.8) is 0 Å². The van der Waals surface area contributed by atoms with Gasteiger partial charge in [-0.1, -0.05) is 17.8 Å². The zero-order chi connectivity index (χ0) is 20.8. The van der Waals surface area contributed by atoms with Gasteiger partial charge in [0.2, 0.25) is 5.91 Å². The van der Waals surface area contributed by atoms with Crippen molar-refractivity contribution in [1.29, 1.82) is 0 Å². The number of halogens is 2. The highest BCUT2D eigenvalue weighted by atomic mass is 32.2. The summed E-state index contributed by atoms with van der Waals surface area (Å²) in [6.07, 6.45) is 1.40. The molecule has 0 fully saturated rings. The second-order valence-corrected chi connectivity index (χ2v) is 6.68. The molecule has 2 aromatic heterocycles. The molecule has 0 saturated carbocycles. The summed E-state index contributed by atoms with van der Waals surface area (Å²) < 4.78 is 34.0. The van der Waals surface area contributed by atoms with Crippen LogP contribution in [0.2, 0.25) is 0 Å². The average Bonchev–Trinajstić information content (AvgIpc) is 3.37. The number of hydrogen-bond donors (Lipinski definition) is 2. The molecule has 2 amide bonds. The van der Waals surface area contributed by atoms with Crippen LogP contribution in [-0.2, 0) is 17.9 Å². The van der Waals surface area contributed by atoms with Crippen LogP contribution in [0.3, 0.4) is 0 Å². The van der Waals surface area contributed by atoms with Crippen LogP contribution in [0.1, 0.15) is 23.3 Å². The molecule has 0 aliphatic rings. The van der Waals surface area contributed by atoms with E-state index in [4.69, 9.17) is 4.42 Å². The summed E-state index contributed by atoms with van der Waals surface area (Å²) >= 11 is 1.06. The van der Waals surface area contributed by atoms with E-state index in [9.17, 15) is 18.4 Å². The molecular formula is C18H17F2N5O3S. The first-order valence-electron chi connectivity index (χ1n) is 8.60. The standard InChI is InChI=1S/C18H17F2N5O3S/c1-2-25-14(9-21-17(27)13-7-4-8-28-13)23-24-18(25)29-10-15(26)22-16-11(19)5-3-6-12(16)20/h3-8H,2,9-10H2,1H3,(H,21,27)(H,22,26). The first-order chi connectivity index (χ1) is 14.0. The Morgan fingerprint density at radius 1 is 1.17 bits per heavy atom. The average molecular weight is 421 g/mol. The lowest BCUT2D eigenvalue weighted by molar-refractivity contribution is -0.113. The smallest absolute Gasteiger partial charge is 0.287 e. The summed E-state index contributed by atoms with van der Waals surface area (Å²) in [5.41, 5.74) is -0.489. The normalized spacial score (nSPS) is 10.7. The SMILES string of the molecule is CCn1c(CNC(=O)c2ccco2)nnc1SCC(=O)Nc1c(F)cccc1F. The summed E-state index contributed by atoms with van der Waals surface area (Å²) in [6, 6.07) is 6.48. The summed E-state index contributed by atoms with van der Waals surface area (Å²) in [6.45, 7) is 2.48. The van der Waals surface area contributed by atoms with Gasteiger partial charge in [0.15, 0.2) is 16.7 Å². The van der Waals surface area contributed by atoms with Crippen LogP contribution in [-0.4, -0.2) is 32.3 Å². The fourth-order valence-corrected chi connectivity index (χ4v) is 3.27. The summed E-state index contributed by atoms with van der Waals surface area (Å²) in [5, 5.41) is 13.4. The van der Waals surface area contributed by atoms with Crippen LogP contribution in [0.25, 0.3) is 0 Å². The predicted molar refractivity (Wildman–Crippen MR) is 101 cm³/mol. The largest absolute Gasteiger partial charge is 0.459 e. The quantitative estimate of drug-likeness (QED) is 0.543. The van der Waals surface area contributed by atoms with E-state index in [1.54, 1.807) is 10.6 Å². The second-order valence-electron chi connectivity index (χ2n) is 5.74. The van der Waals surface area contributed by atoms with Gasteiger partial charge in [-0.3, -0.25) is 9.59 Å². The lowest BCUT2D eigenvalue weighted by Crippen LogP contribution is -2.24. The molecule has 0 bridgehead atoms. The molecule has 0 atom stereocenters. The zero-order valence-electron chi connectivity index (χ0n) is 15.3. The second kappa shape index (κ2) is 9.32. The van der Waals surface area contributed by atoms with Gasteiger partial charge in [0.25, 0.3) is 5.91 Å². The number of carbonyl (C=O) groups excluding carboxylic acids is 2. The molecule has 2 heterocycles. The number of thioether (sulfide) groups is 1. The highest BCUT2D eigenvalue weighted by molar-refractivity contribution is 7.99. The molecule has 0 saturated heterocycles. The molecule has 2 N–H and O–H groups in total. The lowest BCUT2D eigenvalue weighted by Gasteiger charge is -2.09. The van der Waals surface area contributed by atoms with Crippen LogP contribution >= 0.6 is 11.8 Å². The maximum Gasteiger partial charge on any atom is 0.287 e. The molecule has 8 nitrogen and oxygen atoms in total. The number of para-hydroxylation sites is 1. The molecule has 11 heteroatoms. The minimum absolute atomic E-state index is 0.119. The first-order valence-corrected chi connectivity index (χ1v) is 9.58. The van der Waals surface area contributed by atoms with Crippen molar-refractivity contribution in [1.82, 2.24) is 20.1 Å². The molecule has 0 unspecified atom stereocenters. The molecule has 3 aromatic rings. The number of hydrogen-bond acceptors (Lipinski definition) is 6. The highest BCUT2D eigenvalue weighted by Gasteiger charge is 2.17. The lowest BCUT2D eigenvalue weighted by atomic mass is 10.3. The number of nitrogens with one attached hydrogen (secondary N) is 2. The number of amides is 2. The fourth-order valence-electron chi connectivity index (χ4n) is 2.45.